The standard InChI is InChI=1S/C23H17Cl2N3O2/c1-28-11-18(16-9-26-19-5-3-12(24)7-14(16)19)21(22(28)23(29)30-2)17-10-27-20-6-4-13(25)8-15(17)20/h3-11,26-27H,1-2H3. The number of H-pyrrole nitrogens is 2. The Hall–Kier alpha value is -3.15. The molecule has 5 rings (SSSR count). The number of esters is 1. The van der Waals surface area contributed by atoms with Crippen LogP contribution in [0.3, 0.4) is 0 Å². The number of hydrogen-bond acceptors (Lipinski definition) is 2. The summed E-state index contributed by atoms with van der Waals surface area (Å²) in [6.07, 6.45) is 5.77. The summed E-state index contributed by atoms with van der Waals surface area (Å²) in [4.78, 5) is 19.3. The van der Waals surface area contributed by atoms with Gasteiger partial charge in [0.15, 0.2) is 0 Å². The molecule has 0 saturated carbocycles. The third kappa shape index (κ3) is 2.82. The van der Waals surface area contributed by atoms with E-state index in [0.717, 1.165) is 44.1 Å². The van der Waals surface area contributed by atoms with Crippen molar-refractivity contribution in [2.24, 2.45) is 7.05 Å². The third-order valence-electron chi connectivity index (χ3n) is 5.41. The minimum Gasteiger partial charge on any atom is -0.464 e. The topological polar surface area (TPSA) is 62.8 Å². The van der Waals surface area contributed by atoms with Gasteiger partial charge >= 0.3 is 5.97 Å². The number of aromatic nitrogens is 3. The molecule has 2 aromatic carbocycles. The Morgan fingerprint density at radius 1 is 0.900 bits per heavy atom. The van der Waals surface area contributed by atoms with Crippen LogP contribution in [0, 0.1) is 0 Å². The molecule has 0 bridgehead atoms. The fraction of sp³-hybridized carbons (Fsp3) is 0.0870. The summed E-state index contributed by atoms with van der Waals surface area (Å²) in [6.45, 7) is 0. The first-order valence-corrected chi connectivity index (χ1v) is 10.0. The van der Waals surface area contributed by atoms with Gasteiger partial charge in [-0.25, -0.2) is 4.79 Å². The number of hydrogen-bond donors (Lipinski definition) is 2. The fourth-order valence-corrected chi connectivity index (χ4v) is 4.41. The van der Waals surface area contributed by atoms with Crippen molar-refractivity contribution in [2.45, 2.75) is 0 Å². The monoisotopic (exact) mass is 437 g/mol. The highest BCUT2D eigenvalue weighted by Crippen LogP contribution is 2.43. The van der Waals surface area contributed by atoms with Crippen molar-refractivity contribution in [1.29, 1.82) is 0 Å². The zero-order valence-electron chi connectivity index (χ0n) is 16.2. The van der Waals surface area contributed by atoms with E-state index in [9.17, 15) is 4.79 Å². The van der Waals surface area contributed by atoms with Gasteiger partial charge in [-0.1, -0.05) is 23.2 Å². The molecule has 0 unspecified atom stereocenters. The molecule has 7 heteroatoms. The summed E-state index contributed by atoms with van der Waals surface area (Å²) < 4.78 is 6.90. The number of rotatable bonds is 3. The van der Waals surface area contributed by atoms with E-state index in [-0.39, 0.29) is 0 Å². The van der Waals surface area contributed by atoms with Gasteiger partial charge in [-0.3, -0.25) is 0 Å². The summed E-state index contributed by atoms with van der Waals surface area (Å²) in [6, 6.07) is 11.4. The lowest BCUT2D eigenvalue weighted by Gasteiger charge is -2.07. The van der Waals surface area contributed by atoms with Crippen LogP contribution in [0.1, 0.15) is 10.5 Å². The summed E-state index contributed by atoms with van der Waals surface area (Å²) >= 11 is 12.5. The fourth-order valence-electron chi connectivity index (χ4n) is 4.06. The van der Waals surface area contributed by atoms with Crippen molar-refractivity contribution in [3.05, 3.63) is 70.7 Å². The van der Waals surface area contributed by atoms with Crippen molar-refractivity contribution in [1.82, 2.24) is 14.5 Å². The first-order valence-electron chi connectivity index (χ1n) is 9.29. The van der Waals surface area contributed by atoms with Crippen molar-refractivity contribution in [3.8, 4) is 22.3 Å². The number of carbonyl (C=O) groups excluding carboxylic acids is 1. The smallest absolute Gasteiger partial charge is 0.355 e. The van der Waals surface area contributed by atoms with Crippen LogP contribution in [0.5, 0.6) is 0 Å². The third-order valence-corrected chi connectivity index (χ3v) is 5.88. The molecule has 5 nitrogen and oxygen atoms in total. The Balaban J connectivity index is 1.88. The van der Waals surface area contributed by atoms with Crippen LogP contribution >= 0.6 is 23.2 Å². The van der Waals surface area contributed by atoms with Crippen molar-refractivity contribution < 1.29 is 9.53 Å². The van der Waals surface area contributed by atoms with E-state index in [4.69, 9.17) is 27.9 Å². The first kappa shape index (κ1) is 18.9. The van der Waals surface area contributed by atoms with E-state index in [0.29, 0.717) is 15.7 Å². The molecular formula is C23H17Cl2N3O2. The van der Waals surface area contributed by atoms with Crippen LogP contribution in [0.2, 0.25) is 10.0 Å². The van der Waals surface area contributed by atoms with Gasteiger partial charge in [0, 0.05) is 79.7 Å². The van der Waals surface area contributed by atoms with Crippen LogP contribution in [0.15, 0.2) is 55.0 Å². The molecule has 0 aliphatic rings. The molecule has 0 fully saturated rings. The van der Waals surface area contributed by atoms with E-state index in [1.54, 1.807) is 4.57 Å². The maximum atomic E-state index is 12.7. The Labute approximate surface area is 182 Å². The molecule has 0 saturated heterocycles. The number of nitrogens with zero attached hydrogens (tertiary/aromatic N) is 1. The van der Waals surface area contributed by atoms with Crippen LogP contribution in [-0.4, -0.2) is 27.6 Å². The zero-order valence-corrected chi connectivity index (χ0v) is 17.7. The highest BCUT2D eigenvalue weighted by atomic mass is 35.5. The van der Waals surface area contributed by atoms with Gasteiger partial charge < -0.3 is 19.3 Å². The molecule has 5 aromatic rings. The lowest BCUT2D eigenvalue weighted by atomic mass is 9.96. The largest absolute Gasteiger partial charge is 0.464 e. The molecule has 0 radical (unpaired) electrons. The molecule has 0 atom stereocenters. The van der Waals surface area contributed by atoms with E-state index < -0.39 is 5.97 Å². The molecule has 0 aliphatic carbocycles. The minimum absolute atomic E-state index is 0.409. The molecule has 0 spiro atoms. The predicted octanol–water partition coefficient (Wildman–Crippen LogP) is 6.42. The van der Waals surface area contributed by atoms with E-state index in [1.807, 2.05) is 62.0 Å². The number of nitrogens with one attached hydrogen (secondary N) is 2. The second-order valence-electron chi connectivity index (χ2n) is 7.15. The average molecular weight is 438 g/mol. The predicted molar refractivity (Wildman–Crippen MR) is 121 cm³/mol. The number of halogens is 2. The highest BCUT2D eigenvalue weighted by molar-refractivity contribution is 6.32. The van der Waals surface area contributed by atoms with Gasteiger partial charge in [0.2, 0.25) is 0 Å². The maximum Gasteiger partial charge on any atom is 0.355 e. The zero-order chi connectivity index (χ0) is 21.0. The lowest BCUT2D eigenvalue weighted by Crippen LogP contribution is -2.08. The molecule has 2 N–H and O–H groups in total. The number of aromatic amines is 2. The maximum absolute atomic E-state index is 12.7. The molecule has 0 aliphatic heterocycles. The normalized spacial score (nSPS) is 11.5. The van der Waals surface area contributed by atoms with Crippen LogP contribution < -0.4 is 0 Å². The molecule has 3 aromatic heterocycles. The van der Waals surface area contributed by atoms with Crippen LogP contribution in [0.25, 0.3) is 44.1 Å². The molecule has 150 valence electrons. The molecule has 30 heavy (non-hydrogen) atoms. The van der Waals surface area contributed by atoms with Gasteiger partial charge in [0.05, 0.1) is 7.11 Å². The van der Waals surface area contributed by atoms with Gasteiger partial charge in [-0.2, -0.15) is 0 Å². The van der Waals surface area contributed by atoms with Crippen molar-refractivity contribution >= 4 is 51.0 Å². The minimum atomic E-state index is -0.409. The molecular weight excluding hydrogens is 421 g/mol. The second kappa shape index (κ2) is 6.97. The number of fused-ring (bicyclic) bond motifs is 2. The van der Waals surface area contributed by atoms with E-state index >= 15 is 0 Å². The van der Waals surface area contributed by atoms with Gasteiger partial charge in [0.1, 0.15) is 5.69 Å². The molecule has 3 heterocycles. The average Bonchev–Trinajstić information content (AvgIpc) is 3.41. The summed E-state index contributed by atoms with van der Waals surface area (Å²) in [5.74, 6) is -0.409. The van der Waals surface area contributed by atoms with Gasteiger partial charge in [-0.05, 0) is 36.4 Å². The van der Waals surface area contributed by atoms with Crippen molar-refractivity contribution in [3.63, 3.8) is 0 Å². The summed E-state index contributed by atoms with van der Waals surface area (Å²) in [5, 5.41) is 3.17. The number of aryl methyl sites for hydroxylation is 1. The summed E-state index contributed by atoms with van der Waals surface area (Å²) in [5.41, 5.74) is 5.85. The number of ether oxygens (including phenoxy) is 1. The Morgan fingerprint density at radius 2 is 1.47 bits per heavy atom. The first-order chi connectivity index (χ1) is 14.5. The van der Waals surface area contributed by atoms with Gasteiger partial charge in [0.25, 0.3) is 0 Å². The Bertz CT molecular complexity index is 1440. The molecule has 0 amide bonds. The quantitative estimate of drug-likeness (QED) is 0.320. The van der Waals surface area contributed by atoms with Crippen molar-refractivity contribution in [2.75, 3.05) is 7.11 Å². The van der Waals surface area contributed by atoms with Crippen LogP contribution in [-0.2, 0) is 11.8 Å². The number of benzene rings is 2. The second-order valence-corrected chi connectivity index (χ2v) is 8.03. The Morgan fingerprint density at radius 3 is 2.07 bits per heavy atom. The summed E-state index contributed by atoms with van der Waals surface area (Å²) in [7, 11) is 3.22. The number of carbonyl (C=O) groups is 1. The van der Waals surface area contributed by atoms with Gasteiger partial charge in [-0.15, -0.1) is 0 Å². The lowest BCUT2D eigenvalue weighted by molar-refractivity contribution is 0.0591. The number of methoxy groups -OCH3 is 1. The van der Waals surface area contributed by atoms with E-state index in [1.165, 1.54) is 7.11 Å². The highest BCUT2D eigenvalue weighted by Gasteiger charge is 2.26. The van der Waals surface area contributed by atoms with Crippen LogP contribution in [0.4, 0.5) is 0 Å². The Kier molecular flexibility index (Phi) is 4.38. The van der Waals surface area contributed by atoms with E-state index in [2.05, 4.69) is 9.97 Å². The SMILES string of the molecule is COC(=O)c1c(-c2c[nH]c3ccc(Cl)cc23)c(-c2c[nH]c3ccc(Cl)cc23)cn1C.